The Labute approximate surface area is 107 Å². The highest BCUT2D eigenvalue weighted by Gasteiger charge is 2.27. The second-order valence-corrected chi connectivity index (χ2v) is 5.42. The molecule has 0 bridgehead atoms. The average Bonchev–Trinajstić information content (AvgIpc) is 2.76. The number of imidazole rings is 1. The molecule has 0 aliphatic heterocycles. The van der Waals surface area contributed by atoms with Gasteiger partial charge in [0.05, 0.1) is 11.8 Å². The lowest BCUT2D eigenvalue weighted by Crippen LogP contribution is -2.46. The first-order chi connectivity index (χ1) is 8.48. The SMILES string of the molecule is CCNC(CS(=O)(=O)O)C(NCC)c1ncc[nH]1. The Morgan fingerprint density at radius 3 is 2.50 bits per heavy atom. The van der Waals surface area contributed by atoms with Gasteiger partial charge in [0.2, 0.25) is 0 Å². The number of aromatic nitrogens is 2. The molecule has 0 aliphatic rings. The van der Waals surface area contributed by atoms with Crippen LogP contribution in [0, 0.1) is 0 Å². The van der Waals surface area contributed by atoms with Gasteiger partial charge in [0.1, 0.15) is 5.82 Å². The second-order valence-electron chi connectivity index (χ2n) is 3.92. The van der Waals surface area contributed by atoms with E-state index in [0.717, 1.165) is 0 Å². The van der Waals surface area contributed by atoms with Crippen LogP contribution < -0.4 is 10.6 Å². The van der Waals surface area contributed by atoms with Crippen molar-refractivity contribution in [2.24, 2.45) is 0 Å². The van der Waals surface area contributed by atoms with Crippen molar-refractivity contribution in [1.82, 2.24) is 20.6 Å². The fraction of sp³-hybridized carbons (Fsp3) is 0.700. The smallest absolute Gasteiger partial charge is 0.266 e. The molecule has 2 atom stereocenters. The zero-order valence-corrected chi connectivity index (χ0v) is 11.4. The Kier molecular flexibility index (Phi) is 5.73. The van der Waals surface area contributed by atoms with E-state index >= 15 is 0 Å². The van der Waals surface area contributed by atoms with Crippen LogP contribution in [0.25, 0.3) is 0 Å². The van der Waals surface area contributed by atoms with Gasteiger partial charge in [-0.3, -0.25) is 4.55 Å². The fourth-order valence-electron chi connectivity index (χ4n) is 1.86. The number of aromatic amines is 1. The molecule has 1 aromatic rings. The molecule has 2 unspecified atom stereocenters. The van der Waals surface area contributed by atoms with Crippen LogP contribution in [0.5, 0.6) is 0 Å². The lowest BCUT2D eigenvalue weighted by Gasteiger charge is -2.26. The minimum absolute atomic E-state index is 0.299. The van der Waals surface area contributed by atoms with Gasteiger partial charge in [-0.05, 0) is 13.1 Å². The van der Waals surface area contributed by atoms with Crippen molar-refractivity contribution < 1.29 is 13.0 Å². The Morgan fingerprint density at radius 1 is 1.39 bits per heavy atom. The molecule has 1 aromatic heterocycles. The molecule has 1 heterocycles. The largest absolute Gasteiger partial charge is 0.347 e. The third-order valence-electron chi connectivity index (χ3n) is 2.50. The van der Waals surface area contributed by atoms with E-state index in [2.05, 4.69) is 20.6 Å². The fourth-order valence-corrected chi connectivity index (χ4v) is 2.62. The standard InChI is InChI=1S/C10H20N4O3S/c1-3-11-8(7-18(15,16)17)9(12-4-2)10-13-5-6-14-10/h5-6,8-9,11-12H,3-4,7H2,1-2H3,(H,13,14)(H,15,16,17). The third-order valence-corrected chi connectivity index (χ3v) is 3.28. The summed E-state index contributed by atoms with van der Waals surface area (Å²) in [5.74, 6) is 0.283. The van der Waals surface area contributed by atoms with Crippen molar-refractivity contribution in [3.8, 4) is 0 Å². The van der Waals surface area contributed by atoms with Crippen molar-refractivity contribution in [1.29, 1.82) is 0 Å². The maximum atomic E-state index is 11.1. The first-order valence-corrected chi connectivity index (χ1v) is 7.50. The summed E-state index contributed by atoms with van der Waals surface area (Å²) in [6.45, 7) is 5.07. The van der Waals surface area contributed by atoms with Gasteiger partial charge in [-0.2, -0.15) is 8.42 Å². The van der Waals surface area contributed by atoms with E-state index in [0.29, 0.717) is 18.9 Å². The number of likely N-dealkylation sites (N-methyl/N-ethyl adjacent to an activating group) is 2. The van der Waals surface area contributed by atoms with E-state index in [9.17, 15) is 8.42 Å². The van der Waals surface area contributed by atoms with Crippen molar-refractivity contribution in [3.05, 3.63) is 18.2 Å². The number of H-pyrrole nitrogens is 1. The van der Waals surface area contributed by atoms with Crippen LogP contribution in [-0.4, -0.2) is 47.8 Å². The van der Waals surface area contributed by atoms with Gasteiger partial charge in [-0.25, -0.2) is 4.98 Å². The van der Waals surface area contributed by atoms with Crippen molar-refractivity contribution in [2.45, 2.75) is 25.9 Å². The monoisotopic (exact) mass is 276 g/mol. The molecule has 8 heteroatoms. The maximum Gasteiger partial charge on any atom is 0.266 e. The highest BCUT2D eigenvalue weighted by molar-refractivity contribution is 7.85. The van der Waals surface area contributed by atoms with Crippen LogP contribution in [0.3, 0.4) is 0 Å². The molecule has 0 aliphatic carbocycles. The van der Waals surface area contributed by atoms with Gasteiger partial charge in [-0.15, -0.1) is 0 Å². The second kappa shape index (κ2) is 6.83. The van der Waals surface area contributed by atoms with E-state index in [1.165, 1.54) is 0 Å². The quantitative estimate of drug-likeness (QED) is 0.495. The minimum Gasteiger partial charge on any atom is -0.347 e. The summed E-state index contributed by atoms with van der Waals surface area (Å²) in [6, 6.07) is -0.747. The molecule has 0 radical (unpaired) electrons. The number of hydrogen-bond acceptors (Lipinski definition) is 5. The maximum absolute atomic E-state index is 11.1. The third kappa shape index (κ3) is 4.73. The van der Waals surface area contributed by atoms with Gasteiger partial charge in [-0.1, -0.05) is 13.8 Å². The summed E-state index contributed by atoms with van der Waals surface area (Å²) in [7, 11) is -4.04. The first kappa shape index (κ1) is 15.1. The van der Waals surface area contributed by atoms with Crippen molar-refractivity contribution in [3.63, 3.8) is 0 Å². The molecule has 4 N–H and O–H groups in total. The summed E-state index contributed by atoms with van der Waals surface area (Å²) >= 11 is 0. The Hall–Kier alpha value is -0.960. The molecule has 18 heavy (non-hydrogen) atoms. The first-order valence-electron chi connectivity index (χ1n) is 5.89. The molecule has 0 saturated heterocycles. The van der Waals surface area contributed by atoms with Crippen LogP contribution >= 0.6 is 0 Å². The number of nitrogens with zero attached hydrogens (tertiary/aromatic N) is 1. The zero-order valence-electron chi connectivity index (χ0n) is 10.5. The van der Waals surface area contributed by atoms with Gasteiger partial charge in [0, 0.05) is 18.4 Å². The molecular weight excluding hydrogens is 256 g/mol. The zero-order chi connectivity index (χ0) is 13.6. The van der Waals surface area contributed by atoms with E-state index in [1.807, 2.05) is 13.8 Å². The summed E-state index contributed by atoms with van der Waals surface area (Å²) in [4.78, 5) is 7.09. The molecular formula is C10H20N4O3S. The van der Waals surface area contributed by atoms with Crippen molar-refractivity contribution in [2.75, 3.05) is 18.8 Å². The number of rotatable bonds is 8. The van der Waals surface area contributed by atoms with Crippen LogP contribution in [-0.2, 0) is 10.1 Å². The Balaban J connectivity index is 2.90. The topological polar surface area (TPSA) is 107 Å². The molecule has 0 spiro atoms. The predicted molar refractivity (Wildman–Crippen MR) is 68.9 cm³/mol. The van der Waals surface area contributed by atoms with Crippen LogP contribution in [0.15, 0.2) is 12.4 Å². The lowest BCUT2D eigenvalue weighted by atomic mass is 10.1. The molecule has 1 rings (SSSR count). The van der Waals surface area contributed by atoms with Gasteiger partial charge in [0.25, 0.3) is 10.1 Å². The number of hydrogen-bond donors (Lipinski definition) is 4. The molecule has 104 valence electrons. The highest BCUT2D eigenvalue weighted by atomic mass is 32.2. The van der Waals surface area contributed by atoms with Crippen LogP contribution in [0.4, 0.5) is 0 Å². The van der Waals surface area contributed by atoms with E-state index in [4.69, 9.17) is 4.55 Å². The molecule has 0 saturated carbocycles. The molecule has 0 amide bonds. The van der Waals surface area contributed by atoms with Gasteiger partial charge in [0.15, 0.2) is 0 Å². The van der Waals surface area contributed by atoms with Gasteiger partial charge >= 0.3 is 0 Å². The van der Waals surface area contributed by atoms with E-state index < -0.39 is 16.2 Å². The summed E-state index contributed by atoms with van der Waals surface area (Å²) in [5.41, 5.74) is 0. The average molecular weight is 276 g/mol. The summed E-state index contributed by atoms with van der Waals surface area (Å²) in [5, 5.41) is 6.21. The Bertz CT molecular complexity index is 432. The predicted octanol–water partition coefficient (Wildman–Crippen LogP) is -0.0738. The highest BCUT2D eigenvalue weighted by Crippen LogP contribution is 2.14. The van der Waals surface area contributed by atoms with Crippen molar-refractivity contribution >= 4 is 10.1 Å². The van der Waals surface area contributed by atoms with E-state index in [1.54, 1.807) is 12.4 Å². The van der Waals surface area contributed by atoms with Gasteiger partial charge < -0.3 is 15.6 Å². The van der Waals surface area contributed by atoms with E-state index in [-0.39, 0.29) is 11.8 Å². The molecule has 0 fully saturated rings. The summed E-state index contributed by atoms with van der Waals surface area (Å²) < 4.78 is 31.1. The normalized spacial score (nSPS) is 15.5. The molecule has 7 nitrogen and oxygen atoms in total. The molecule has 0 aromatic carbocycles. The van der Waals surface area contributed by atoms with Crippen LogP contribution in [0.1, 0.15) is 25.7 Å². The summed E-state index contributed by atoms with van der Waals surface area (Å²) in [6.07, 6.45) is 3.28. The minimum atomic E-state index is -4.04. The lowest BCUT2D eigenvalue weighted by molar-refractivity contribution is 0.386. The Morgan fingerprint density at radius 2 is 2.06 bits per heavy atom. The number of nitrogens with one attached hydrogen (secondary N) is 3. The van der Waals surface area contributed by atoms with Crippen LogP contribution in [0.2, 0.25) is 0 Å².